The summed E-state index contributed by atoms with van der Waals surface area (Å²) in [5.41, 5.74) is 1.89. The van der Waals surface area contributed by atoms with Crippen molar-refractivity contribution in [1.29, 1.82) is 0 Å². The highest BCUT2D eigenvalue weighted by Gasteiger charge is 2.26. The number of nitrogens with zero attached hydrogens (tertiary/aromatic N) is 3. The lowest BCUT2D eigenvalue weighted by Gasteiger charge is -2.26. The summed E-state index contributed by atoms with van der Waals surface area (Å²) >= 11 is 0. The molecule has 2 aromatic carbocycles. The molecule has 3 aromatic rings. The van der Waals surface area contributed by atoms with Gasteiger partial charge in [0.25, 0.3) is 0 Å². The lowest BCUT2D eigenvalue weighted by atomic mass is 9.91. The highest BCUT2D eigenvalue weighted by molar-refractivity contribution is 7.90. The number of hydrogen-bond acceptors (Lipinski definition) is 4. The fourth-order valence-electron chi connectivity index (χ4n) is 3.70. The Morgan fingerprint density at radius 1 is 1.03 bits per heavy atom. The van der Waals surface area contributed by atoms with Crippen LogP contribution in [-0.4, -0.2) is 35.3 Å². The van der Waals surface area contributed by atoms with Crippen LogP contribution in [0.1, 0.15) is 50.9 Å². The molecule has 6 nitrogen and oxygen atoms in total. The smallest absolute Gasteiger partial charge is 0.228 e. The van der Waals surface area contributed by atoms with Crippen molar-refractivity contribution in [2.24, 2.45) is 5.41 Å². The molecule has 0 spiro atoms. The maximum Gasteiger partial charge on any atom is 0.228 e. The minimum Gasteiger partial charge on any atom is -0.337 e. The number of imidazole rings is 1. The van der Waals surface area contributed by atoms with Gasteiger partial charge >= 0.3 is 0 Å². The Kier molecular flexibility index (Phi) is 7.92. The molecule has 0 unspecified atom stereocenters. The largest absolute Gasteiger partial charge is 0.337 e. The Balaban J connectivity index is 1.97. The fraction of sp³-hybridized carbons (Fsp3) is 0.385. The van der Waals surface area contributed by atoms with Gasteiger partial charge in [-0.2, -0.15) is 0 Å². The third-order valence-electron chi connectivity index (χ3n) is 5.40. The van der Waals surface area contributed by atoms with E-state index in [-0.39, 0.29) is 28.8 Å². The first-order valence-corrected chi connectivity index (χ1v) is 13.0. The van der Waals surface area contributed by atoms with Crippen LogP contribution in [0.3, 0.4) is 0 Å². The quantitative estimate of drug-likeness (QED) is 0.435. The monoisotopic (exact) mass is 485 g/mol. The van der Waals surface area contributed by atoms with Crippen LogP contribution in [0, 0.1) is 11.2 Å². The van der Waals surface area contributed by atoms with E-state index >= 15 is 0 Å². The maximum atomic E-state index is 13.3. The van der Waals surface area contributed by atoms with Crippen LogP contribution in [0.15, 0.2) is 66.0 Å². The minimum atomic E-state index is -3.82. The molecule has 0 aliphatic rings. The van der Waals surface area contributed by atoms with E-state index in [2.05, 4.69) is 4.98 Å². The Labute approximate surface area is 201 Å². The maximum absolute atomic E-state index is 13.3. The zero-order valence-corrected chi connectivity index (χ0v) is 21.0. The summed E-state index contributed by atoms with van der Waals surface area (Å²) in [6.45, 7) is 9.01. The molecule has 0 aliphatic heterocycles. The van der Waals surface area contributed by atoms with Gasteiger partial charge in [0.1, 0.15) is 5.82 Å². The molecule has 8 heteroatoms. The van der Waals surface area contributed by atoms with Crippen molar-refractivity contribution in [2.75, 3.05) is 6.54 Å². The normalized spacial score (nSPS) is 12.0. The molecular formula is C26H32FN3O3S. The lowest BCUT2D eigenvalue weighted by molar-refractivity contribution is -0.133. The van der Waals surface area contributed by atoms with Gasteiger partial charge in [-0.15, -0.1) is 0 Å². The van der Waals surface area contributed by atoms with E-state index in [0.717, 1.165) is 5.56 Å². The molecule has 0 saturated carbocycles. The molecule has 0 saturated heterocycles. The van der Waals surface area contributed by atoms with E-state index in [4.69, 9.17) is 0 Å². The van der Waals surface area contributed by atoms with Crippen molar-refractivity contribution < 1.29 is 17.6 Å². The van der Waals surface area contributed by atoms with E-state index in [1.165, 1.54) is 30.5 Å². The molecule has 1 aromatic heterocycles. The topological polar surface area (TPSA) is 72.3 Å². The van der Waals surface area contributed by atoms with Crippen LogP contribution in [-0.2, 0) is 33.5 Å². The average Bonchev–Trinajstić information content (AvgIpc) is 3.16. The molecule has 1 amide bonds. The number of benzene rings is 2. The van der Waals surface area contributed by atoms with Gasteiger partial charge in [0.2, 0.25) is 20.9 Å². The first-order chi connectivity index (χ1) is 16.0. The van der Waals surface area contributed by atoms with Crippen molar-refractivity contribution >= 4 is 15.7 Å². The van der Waals surface area contributed by atoms with Gasteiger partial charge in [0, 0.05) is 13.0 Å². The van der Waals surface area contributed by atoms with Crippen LogP contribution in [0.25, 0.3) is 0 Å². The number of aromatic nitrogens is 2. The summed E-state index contributed by atoms with van der Waals surface area (Å²) in [6.07, 6.45) is 1.93. The number of hydrogen-bond donors (Lipinski definition) is 0. The number of halogens is 1. The zero-order chi connectivity index (χ0) is 24.9. The molecule has 0 bridgehead atoms. The second-order valence-corrected chi connectivity index (χ2v) is 11.5. The fourth-order valence-corrected chi connectivity index (χ4v) is 5.19. The Hall–Kier alpha value is -3.00. The number of carbonyl (C=O) groups excluding carboxylic acids is 1. The van der Waals surface area contributed by atoms with Crippen molar-refractivity contribution in [2.45, 2.75) is 58.1 Å². The van der Waals surface area contributed by atoms with E-state index in [1.54, 1.807) is 9.47 Å². The van der Waals surface area contributed by atoms with Gasteiger partial charge in [0.05, 0.1) is 30.7 Å². The Morgan fingerprint density at radius 2 is 1.68 bits per heavy atom. The van der Waals surface area contributed by atoms with Gasteiger partial charge in [-0.25, -0.2) is 17.8 Å². The SMILES string of the molecule is CCN(Cc1cnc(S(=O)(=O)Cc2ccc(F)cc2)n1Cc1ccccc1)C(=O)CC(C)(C)C. The summed E-state index contributed by atoms with van der Waals surface area (Å²) in [6, 6.07) is 14.9. The average molecular weight is 486 g/mol. The third kappa shape index (κ3) is 6.76. The van der Waals surface area contributed by atoms with E-state index in [0.29, 0.717) is 30.8 Å². The van der Waals surface area contributed by atoms with Crippen LogP contribution in [0.5, 0.6) is 0 Å². The second-order valence-electron chi connectivity index (χ2n) is 9.63. The molecule has 3 rings (SSSR count). The van der Waals surface area contributed by atoms with Crippen molar-refractivity contribution in [3.05, 3.63) is 83.4 Å². The highest BCUT2D eigenvalue weighted by Crippen LogP contribution is 2.23. The third-order valence-corrected chi connectivity index (χ3v) is 7.00. The zero-order valence-electron chi connectivity index (χ0n) is 20.2. The van der Waals surface area contributed by atoms with Gasteiger partial charge in [-0.3, -0.25) is 4.79 Å². The Bertz CT molecular complexity index is 1210. The van der Waals surface area contributed by atoms with Gasteiger partial charge in [-0.05, 0) is 35.6 Å². The van der Waals surface area contributed by atoms with Gasteiger partial charge in [-0.1, -0.05) is 63.2 Å². The number of carbonyl (C=O) groups is 1. The molecule has 0 aliphatic carbocycles. The first kappa shape index (κ1) is 25.6. The summed E-state index contributed by atoms with van der Waals surface area (Å²) in [7, 11) is -3.82. The van der Waals surface area contributed by atoms with Crippen LogP contribution >= 0.6 is 0 Å². The van der Waals surface area contributed by atoms with E-state index < -0.39 is 15.7 Å². The summed E-state index contributed by atoms with van der Waals surface area (Å²) in [5.74, 6) is -0.703. The molecule has 0 radical (unpaired) electrons. The molecule has 1 heterocycles. The Morgan fingerprint density at radius 3 is 2.26 bits per heavy atom. The van der Waals surface area contributed by atoms with Crippen LogP contribution in [0.4, 0.5) is 4.39 Å². The highest BCUT2D eigenvalue weighted by atomic mass is 32.2. The van der Waals surface area contributed by atoms with Gasteiger partial charge in [0.15, 0.2) is 0 Å². The molecule has 182 valence electrons. The van der Waals surface area contributed by atoms with Crippen molar-refractivity contribution in [1.82, 2.24) is 14.5 Å². The molecule has 0 atom stereocenters. The van der Waals surface area contributed by atoms with Crippen LogP contribution in [0.2, 0.25) is 0 Å². The molecule has 34 heavy (non-hydrogen) atoms. The first-order valence-electron chi connectivity index (χ1n) is 11.3. The summed E-state index contributed by atoms with van der Waals surface area (Å²) in [4.78, 5) is 18.9. The molecular weight excluding hydrogens is 453 g/mol. The minimum absolute atomic E-state index is 0.0122. The van der Waals surface area contributed by atoms with Crippen molar-refractivity contribution in [3.8, 4) is 0 Å². The van der Waals surface area contributed by atoms with E-state index in [9.17, 15) is 17.6 Å². The number of amides is 1. The predicted molar refractivity (Wildman–Crippen MR) is 130 cm³/mol. The summed E-state index contributed by atoms with van der Waals surface area (Å²) in [5, 5.41) is -0.0602. The van der Waals surface area contributed by atoms with E-state index in [1.807, 2.05) is 58.0 Å². The van der Waals surface area contributed by atoms with Crippen LogP contribution < -0.4 is 0 Å². The number of sulfone groups is 1. The molecule has 0 fully saturated rings. The standard InChI is InChI=1S/C26H32FN3O3S/c1-5-29(24(31)15-26(2,3)4)18-23-16-28-25(30(23)17-20-9-7-6-8-10-20)34(32,33)19-21-11-13-22(27)14-12-21/h6-14,16H,5,15,17-19H2,1-4H3. The predicted octanol–water partition coefficient (Wildman–Crippen LogP) is 4.83. The van der Waals surface area contributed by atoms with Crippen molar-refractivity contribution in [3.63, 3.8) is 0 Å². The number of rotatable bonds is 9. The summed E-state index contributed by atoms with van der Waals surface area (Å²) < 4.78 is 41.6. The molecule has 0 N–H and O–H groups in total. The van der Waals surface area contributed by atoms with Gasteiger partial charge < -0.3 is 9.47 Å². The lowest BCUT2D eigenvalue weighted by Crippen LogP contribution is -2.33. The second kappa shape index (κ2) is 10.5.